The van der Waals surface area contributed by atoms with Gasteiger partial charge in [0.15, 0.2) is 11.8 Å². The van der Waals surface area contributed by atoms with Crippen LogP contribution >= 0.6 is 0 Å². The number of alkyl halides is 3. The predicted molar refractivity (Wildman–Crippen MR) is 101 cm³/mol. The number of benzene rings is 1. The predicted octanol–water partition coefficient (Wildman–Crippen LogP) is -0.987. The lowest BCUT2D eigenvalue weighted by molar-refractivity contribution is -0.139. The standard InChI is InChI=1S/C14H22F3N9OS/c15-14(16,17)8-1-2-9(10(11(8)28(22)27)12(24-20)25-21)26-5-3-7(4-6-26)23-13(18)19/h1-2,7H,3-6,20-22H2,(H,24,25)(H4,18,19,23). The quantitative estimate of drug-likeness (QED) is 0.156. The molecule has 10 nitrogen and oxygen atoms in total. The molecule has 11 N–H and O–H groups in total. The Balaban J connectivity index is 2.58. The van der Waals surface area contributed by atoms with Gasteiger partial charge >= 0.3 is 6.18 Å². The molecule has 2 rings (SSSR count). The van der Waals surface area contributed by atoms with E-state index in [9.17, 15) is 17.4 Å². The van der Waals surface area contributed by atoms with Crippen molar-refractivity contribution in [2.45, 2.75) is 30.0 Å². The average molecular weight is 421 g/mol. The minimum Gasteiger partial charge on any atom is -0.371 e. The van der Waals surface area contributed by atoms with E-state index in [-0.39, 0.29) is 23.4 Å². The van der Waals surface area contributed by atoms with Gasteiger partial charge in [0.25, 0.3) is 0 Å². The number of nitrogens with two attached hydrogens (primary N) is 5. The van der Waals surface area contributed by atoms with Gasteiger partial charge in [-0.3, -0.25) is 4.99 Å². The molecule has 0 aromatic heterocycles. The Bertz CT molecular complexity index is 800. The lowest BCUT2D eigenvalue weighted by Crippen LogP contribution is -2.40. The molecular formula is C14H22F3N9OS. The van der Waals surface area contributed by atoms with Crippen molar-refractivity contribution in [3.05, 3.63) is 23.3 Å². The molecule has 0 radical (unpaired) electrons. The van der Waals surface area contributed by atoms with Crippen LogP contribution in [0.25, 0.3) is 0 Å². The summed E-state index contributed by atoms with van der Waals surface area (Å²) in [6.07, 6.45) is -3.67. The SMILES string of the molecule is N/N=C(\NN)c1c(N2CCC(N=C(N)N)CC2)ccc(C(F)(F)F)c1S(N)=O. The number of anilines is 1. The molecule has 1 atom stereocenters. The zero-order chi connectivity index (χ0) is 21.1. The summed E-state index contributed by atoms with van der Waals surface area (Å²) in [5, 5.41) is 8.77. The molecule has 0 saturated carbocycles. The Hall–Kier alpha value is -2.58. The molecular weight excluding hydrogens is 399 g/mol. The van der Waals surface area contributed by atoms with Crippen molar-refractivity contribution in [1.82, 2.24) is 5.43 Å². The van der Waals surface area contributed by atoms with Crippen LogP contribution in [0.5, 0.6) is 0 Å². The number of amidine groups is 1. The third kappa shape index (κ3) is 4.63. The molecule has 1 heterocycles. The largest absolute Gasteiger partial charge is 0.417 e. The highest BCUT2D eigenvalue weighted by Crippen LogP contribution is 2.39. The van der Waals surface area contributed by atoms with E-state index in [1.165, 1.54) is 6.07 Å². The van der Waals surface area contributed by atoms with E-state index in [2.05, 4.69) is 15.5 Å². The van der Waals surface area contributed by atoms with Crippen LogP contribution in [0, 0.1) is 0 Å². The van der Waals surface area contributed by atoms with Gasteiger partial charge in [0.1, 0.15) is 11.0 Å². The minimum absolute atomic E-state index is 0.0284. The highest BCUT2D eigenvalue weighted by molar-refractivity contribution is 7.82. The number of nitrogens with one attached hydrogen (secondary N) is 1. The molecule has 28 heavy (non-hydrogen) atoms. The van der Waals surface area contributed by atoms with Crippen molar-refractivity contribution < 1.29 is 17.4 Å². The summed E-state index contributed by atoms with van der Waals surface area (Å²) in [6.45, 7) is 0.859. The van der Waals surface area contributed by atoms with Crippen LogP contribution in [-0.4, -0.2) is 35.1 Å². The Labute approximate surface area is 161 Å². The smallest absolute Gasteiger partial charge is 0.371 e. The Morgan fingerprint density at radius 1 is 1.25 bits per heavy atom. The average Bonchev–Trinajstić information content (AvgIpc) is 2.61. The van der Waals surface area contributed by atoms with Gasteiger partial charge in [-0.2, -0.15) is 18.3 Å². The molecule has 0 amide bonds. The highest BCUT2D eigenvalue weighted by atomic mass is 32.2. The van der Waals surface area contributed by atoms with Crippen LogP contribution in [0.4, 0.5) is 18.9 Å². The van der Waals surface area contributed by atoms with Crippen molar-refractivity contribution in [2.75, 3.05) is 18.0 Å². The van der Waals surface area contributed by atoms with E-state index in [1.54, 1.807) is 4.90 Å². The van der Waals surface area contributed by atoms with Gasteiger partial charge in [0.05, 0.1) is 22.1 Å². The summed E-state index contributed by atoms with van der Waals surface area (Å²) in [5.41, 5.74) is 11.9. The van der Waals surface area contributed by atoms with Crippen LogP contribution in [0.15, 0.2) is 27.1 Å². The number of nitrogens with zero attached hydrogens (tertiary/aromatic N) is 3. The van der Waals surface area contributed by atoms with Gasteiger partial charge in [-0.15, -0.1) is 0 Å². The van der Waals surface area contributed by atoms with Crippen LogP contribution < -0.4 is 38.6 Å². The van der Waals surface area contributed by atoms with Gasteiger partial charge < -0.3 is 27.6 Å². The van der Waals surface area contributed by atoms with Crippen LogP contribution in [0.1, 0.15) is 24.0 Å². The lowest BCUT2D eigenvalue weighted by Gasteiger charge is -2.34. The summed E-state index contributed by atoms with van der Waals surface area (Å²) < 4.78 is 52.4. The van der Waals surface area contributed by atoms with Crippen molar-refractivity contribution in [3.8, 4) is 0 Å². The van der Waals surface area contributed by atoms with Crippen LogP contribution in [-0.2, 0) is 17.2 Å². The molecule has 14 heteroatoms. The molecule has 1 saturated heterocycles. The maximum atomic E-state index is 13.4. The number of hydrazone groups is 1. The number of aliphatic imine (C=N–C) groups is 1. The molecule has 1 fully saturated rings. The molecule has 156 valence electrons. The fourth-order valence-corrected chi connectivity index (χ4v) is 3.92. The summed E-state index contributed by atoms with van der Waals surface area (Å²) >= 11 is 0. The van der Waals surface area contributed by atoms with Crippen molar-refractivity contribution >= 4 is 28.5 Å². The maximum Gasteiger partial charge on any atom is 0.417 e. The number of rotatable bonds is 4. The molecule has 1 aliphatic heterocycles. The van der Waals surface area contributed by atoms with Gasteiger partial charge in [0.2, 0.25) is 0 Å². The van der Waals surface area contributed by atoms with Crippen molar-refractivity contribution in [1.29, 1.82) is 0 Å². The second-order valence-corrected chi connectivity index (χ2v) is 7.03. The molecule has 1 aliphatic rings. The second-order valence-electron chi connectivity index (χ2n) is 6.03. The third-order valence-electron chi connectivity index (χ3n) is 4.28. The van der Waals surface area contributed by atoms with Gasteiger partial charge in [-0.1, -0.05) is 0 Å². The minimum atomic E-state index is -4.79. The lowest BCUT2D eigenvalue weighted by atomic mass is 10.0. The van der Waals surface area contributed by atoms with E-state index >= 15 is 0 Å². The Morgan fingerprint density at radius 3 is 2.29 bits per heavy atom. The number of guanidine groups is 1. The van der Waals surface area contributed by atoms with Crippen LogP contribution in [0.2, 0.25) is 0 Å². The normalized spacial score (nSPS) is 17.3. The first-order valence-electron chi connectivity index (χ1n) is 8.09. The first-order chi connectivity index (χ1) is 13.1. The number of hydrogen-bond donors (Lipinski definition) is 6. The summed E-state index contributed by atoms with van der Waals surface area (Å²) in [6, 6.07) is 1.97. The molecule has 0 bridgehead atoms. The van der Waals surface area contributed by atoms with Gasteiger partial charge in [0, 0.05) is 18.8 Å². The highest BCUT2D eigenvalue weighted by Gasteiger charge is 2.38. The molecule has 1 aromatic rings. The fraction of sp³-hybridized carbons (Fsp3) is 0.429. The maximum absolute atomic E-state index is 13.4. The van der Waals surface area contributed by atoms with E-state index in [0.717, 1.165) is 6.07 Å². The summed E-state index contributed by atoms with van der Waals surface area (Å²) in [5.74, 6) is 10.3. The van der Waals surface area contributed by atoms with E-state index in [4.69, 9.17) is 28.3 Å². The molecule has 1 unspecified atom stereocenters. The molecule has 0 aliphatic carbocycles. The van der Waals surface area contributed by atoms with Crippen LogP contribution in [0.3, 0.4) is 0 Å². The first-order valence-corrected chi connectivity index (χ1v) is 9.30. The molecule has 0 spiro atoms. The van der Waals surface area contributed by atoms with E-state index in [1.807, 2.05) is 0 Å². The number of hydrogen-bond acceptors (Lipinski definition) is 6. The number of hydrazine groups is 1. The fourth-order valence-electron chi connectivity index (χ4n) is 3.12. The third-order valence-corrected chi connectivity index (χ3v) is 5.11. The zero-order valence-corrected chi connectivity index (χ0v) is 15.6. The first kappa shape index (κ1) is 21.7. The summed E-state index contributed by atoms with van der Waals surface area (Å²) in [4.78, 5) is 5.23. The monoisotopic (exact) mass is 421 g/mol. The summed E-state index contributed by atoms with van der Waals surface area (Å²) in [7, 11) is -2.49. The Kier molecular flexibility index (Phi) is 6.69. The van der Waals surface area contributed by atoms with Gasteiger partial charge in [-0.05, 0) is 25.0 Å². The van der Waals surface area contributed by atoms with Crippen molar-refractivity contribution in [2.24, 2.45) is 38.4 Å². The molecule has 1 aromatic carbocycles. The Morgan fingerprint density at radius 2 is 1.86 bits per heavy atom. The van der Waals surface area contributed by atoms with E-state index in [0.29, 0.717) is 31.6 Å². The van der Waals surface area contributed by atoms with E-state index < -0.39 is 27.6 Å². The number of piperidine rings is 1. The van der Waals surface area contributed by atoms with Gasteiger partial charge in [-0.25, -0.2) is 15.2 Å². The number of halogens is 3. The zero-order valence-electron chi connectivity index (χ0n) is 14.7. The second kappa shape index (κ2) is 8.62. The topological polar surface area (TPSA) is 187 Å². The van der Waals surface area contributed by atoms with Crippen molar-refractivity contribution in [3.63, 3.8) is 0 Å².